The molecular weight excluding hydrogens is 399 g/mol. The van der Waals surface area contributed by atoms with Crippen LogP contribution in [0.3, 0.4) is 0 Å². The topological polar surface area (TPSA) is 49.1 Å². The number of β-amino-alcohol motifs (C(OH)–C–C–N with tert-alkyl or cyclic N) is 1. The number of furan rings is 1. The van der Waals surface area contributed by atoms with Crippen LogP contribution < -0.4 is 4.74 Å². The van der Waals surface area contributed by atoms with Gasteiger partial charge in [-0.2, -0.15) is 0 Å². The first-order chi connectivity index (χ1) is 12.7. The molecule has 2 heterocycles. The van der Waals surface area contributed by atoms with Crippen molar-refractivity contribution in [2.24, 2.45) is 0 Å². The third-order valence-corrected chi connectivity index (χ3v) is 5.17. The lowest BCUT2D eigenvalue weighted by Gasteiger charge is -2.34. The van der Waals surface area contributed by atoms with E-state index < -0.39 is 6.10 Å². The first-order valence-corrected chi connectivity index (χ1v) is 9.40. The van der Waals surface area contributed by atoms with Crippen LogP contribution >= 0.6 is 24.8 Å². The molecule has 0 saturated carbocycles. The van der Waals surface area contributed by atoms with Gasteiger partial charge in [-0.15, -0.1) is 24.8 Å². The molecular formula is C21H28Cl2N2O3. The Morgan fingerprint density at radius 1 is 0.964 bits per heavy atom. The molecule has 4 rings (SSSR count). The van der Waals surface area contributed by atoms with Crippen molar-refractivity contribution in [3.8, 4) is 5.75 Å². The standard InChI is InChI=1S/C21H26N2O3.2ClH/c1-2-22-9-11-23(12-10-22)14-16(24)15-25-17-7-8-21-19(13-17)18-5-3-4-6-20(18)26-21;;/h3-8,13,16,24H,2,9-12,14-15H2,1H3;2*1H. The number of hydrogen-bond donors (Lipinski definition) is 1. The summed E-state index contributed by atoms with van der Waals surface area (Å²) in [5.74, 6) is 0.763. The first kappa shape index (κ1) is 22.8. The summed E-state index contributed by atoms with van der Waals surface area (Å²) in [6, 6.07) is 13.8. The van der Waals surface area contributed by atoms with Crippen LogP contribution in [0.4, 0.5) is 0 Å². The average Bonchev–Trinajstić information content (AvgIpc) is 3.05. The number of fused-ring (bicyclic) bond motifs is 3. The van der Waals surface area contributed by atoms with Gasteiger partial charge in [0.05, 0.1) is 0 Å². The van der Waals surface area contributed by atoms with Crippen LogP contribution in [0.15, 0.2) is 46.9 Å². The second-order valence-electron chi connectivity index (χ2n) is 6.96. The maximum absolute atomic E-state index is 10.3. The van der Waals surface area contributed by atoms with E-state index in [0.29, 0.717) is 13.2 Å². The summed E-state index contributed by atoms with van der Waals surface area (Å²) < 4.78 is 11.7. The van der Waals surface area contributed by atoms with Gasteiger partial charge < -0.3 is 19.2 Å². The average molecular weight is 427 g/mol. The molecule has 1 aliphatic heterocycles. The molecule has 1 fully saturated rings. The fraction of sp³-hybridized carbons (Fsp3) is 0.429. The van der Waals surface area contributed by atoms with Gasteiger partial charge in [-0.1, -0.05) is 25.1 Å². The Hall–Kier alpha value is -1.50. The van der Waals surface area contributed by atoms with Gasteiger partial charge in [-0.3, -0.25) is 4.90 Å². The maximum atomic E-state index is 10.3. The first-order valence-electron chi connectivity index (χ1n) is 9.40. The smallest absolute Gasteiger partial charge is 0.135 e. The van der Waals surface area contributed by atoms with Crippen molar-refractivity contribution in [1.82, 2.24) is 9.80 Å². The van der Waals surface area contributed by atoms with Gasteiger partial charge in [-0.25, -0.2) is 0 Å². The van der Waals surface area contributed by atoms with Gasteiger partial charge >= 0.3 is 0 Å². The Morgan fingerprint density at radius 3 is 2.39 bits per heavy atom. The molecule has 0 radical (unpaired) electrons. The zero-order chi connectivity index (χ0) is 17.9. The number of benzene rings is 2. The third kappa shape index (κ3) is 5.10. The highest BCUT2D eigenvalue weighted by Gasteiger charge is 2.18. The van der Waals surface area contributed by atoms with Crippen molar-refractivity contribution in [3.63, 3.8) is 0 Å². The predicted molar refractivity (Wildman–Crippen MR) is 118 cm³/mol. The number of halogens is 2. The number of ether oxygens (including phenoxy) is 1. The van der Waals surface area contributed by atoms with Crippen LogP contribution in [0.1, 0.15) is 6.92 Å². The van der Waals surface area contributed by atoms with Gasteiger partial charge in [-0.05, 0) is 30.8 Å². The van der Waals surface area contributed by atoms with E-state index in [1.165, 1.54) is 0 Å². The lowest BCUT2D eigenvalue weighted by Crippen LogP contribution is -2.49. The molecule has 0 amide bonds. The monoisotopic (exact) mass is 426 g/mol. The van der Waals surface area contributed by atoms with E-state index >= 15 is 0 Å². The van der Waals surface area contributed by atoms with E-state index in [9.17, 15) is 5.11 Å². The van der Waals surface area contributed by atoms with E-state index in [1.54, 1.807) is 0 Å². The Labute approximate surface area is 178 Å². The molecule has 154 valence electrons. The fourth-order valence-corrected chi connectivity index (χ4v) is 3.63. The highest BCUT2D eigenvalue weighted by molar-refractivity contribution is 6.05. The highest BCUT2D eigenvalue weighted by atomic mass is 35.5. The van der Waals surface area contributed by atoms with Crippen LogP contribution in [0.5, 0.6) is 5.75 Å². The van der Waals surface area contributed by atoms with Crippen molar-refractivity contribution in [3.05, 3.63) is 42.5 Å². The summed E-state index contributed by atoms with van der Waals surface area (Å²) in [5.41, 5.74) is 1.73. The third-order valence-electron chi connectivity index (χ3n) is 5.17. The fourth-order valence-electron chi connectivity index (χ4n) is 3.63. The molecule has 0 bridgehead atoms. The minimum absolute atomic E-state index is 0. The molecule has 2 aromatic carbocycles. The van der Waals surface area contributed by atoms with E-state index in [0.717, 1.165) is 60.4 Å². The van der Waals surface area contributed by atoms with Crippen molar-refractivity contribution in [1.29, 1.82) is 0 Å². The second-order valence-corrected chi connectivity index (χ2v) is 6.96. The van der Waals surface area contributed by atoms with Crippen LogP contribution in [0.25, 0.3) is 21.9 Å². The summed E-state index contributed by atoms with van der Waals surface area (Å²) in [5, 5.41) is 12.5. The molecule has 3 aromatic rings. The number of aliphatic hydroxyl groups excluding tert-OH is 1. The largest absolute Gasteiger partial charge is 0.491 e. The van der Waals surface area contributed by atoms with Gasteiger partial charge in [0.15, 0.2) is 0 Å². The minimum atomic E-state index is -0.486. The molecule has 1 N–H and O–H groups in total. The molecule has 1 unspecified atom stereocenters. The van der Waals surface area contributed by atoms with E-state index in [4.69, 9.17) is 9.15 Å². The van der Waals surface area contributed by atoms with Gasteiger partial charge in [0, 0.05) is 43.5 Å². The Kier molecular flexibility index (Phi) is 8.40. The van der Waals surface area contributed by atoms with E-state index in [2.05, 4.69) is 22.8 Å². The van der Waals surface area contributed by atoms with Crippen LogP contribution in [-0.4, -0.2) is 66.9 Å². The number of likely N-dealkylation sites (N-methyl/N-ethyl adjacent to an activating group) is 1. The molecule has 1 aliphatic rings. The van der Waals surface area contributed by atoms with Crippen LogP contribution in [0.2, 0.25) is 0 Å². The zero-order valence-electron chi connectivity index (χ0n) is 16.0. The van der Waals surface area contributed by atoms with E-state index in [-0.39, 0.29) is 24.8 Å². The summed E-state index contributed by atoms with van der Waals surface area (Å²) >= 11 is 0. The second kappa shape index (κ2) is 10.3. The minimum Gasteiger partial charge on any atom is -0.491 e. The van der Waals surface area contributed by atoms with Gasteiger partial charge in [0.25, 0.3) is 0 Å². The maximum Gasteiger partial charge on any atom is 0.135 e. The summed E-state index contributed by atoms with van der Waals surface area (Å²) in [6.45, 7) is 8.44. The SMILES string of the molecule is CCN1CCN(CC(O)COc2ccc3oc4ccccc4c3c2)CC1.Cl.Cl. The lowest BCUT2D eigenvalue weighted by molar-refractivity contribution is 0.0471. The highest BCUT2D eigenvalue weighted by Crippen LogP contribution is 2.31. The molecule has 7 heteroatoms. The van der Waals surface area contributed by atoms with E-state index in [1.807, 2.05) is 36.4 Å². The Balaban J connectivity index is 0.00000140. The van der Waals surface area contributed by atoms with Crippen LogP contribution in [0, 0.1) is 0 Å². The number of para-hydroxylation sites is 1. The quantitative estimate of drug-likeness (QED) is 0.649. The number of hydrogen-bond acceptors (Lipinski definition) is 5. The zero-order valence-corrected chi connectivity index (χ0v) is 17.7. The van der Waals surface area contributed by atoms with Crippen molar-refractivity contribution >= 4 is 46.8 Å². The Morgan fingerprint density at radius 2 is 1.64 bits per heavy atom. The molecule has 0 spiro atoms. The molecule has 0 aliphatic carbocycles. The molecule has 1 atom stereocenters. The normalized spacial score (nSPS) is 16.5. The summed E-state index contributed by atoms with van der Waals surface area (Å²) in [6.07, 6.45) is -0.486. The van der Waals surface area contributed by atoms with Gasteiger partial charge in [0.2, 0.25) is 0 Å². The number of rotatable bonds is 6. The van der Waals surface area contributed by atoms with Gasteiger partial charge in [0.1, 0.15) is 29.6 Å². The van der Waals surface area contributed by atoms with Crippen molar-refractivity contribution in [2.75, 3.05) is 45.9 Å². The molecule has 1 saturated heterocycles. The summed E-state index contributed by atoms with van der Waals surface area (Å²) in [7, 11) is 0. The van der Waals surface area contributed by atoms with Crippen LogP contribution in [-0.2, 0) is 0 Å². The lowest BCUT2D eigenvalue weighted by atomic mass is 10.1. The number of aliphatic hydroxyl groups is 1. The number of piperazine rings is 1. The number of nitrogens with zero attached hydrogens (tertiary/aromatic N) is 2. The molecule has 28 heavy (non-hydrogen) atoms. The summed E-state index contributed by atoms with van der Waals surface area (Å²) in [4.78, 5) is 4.75. The van der Waals surface area contributed by atoms with Crippen molar-refractivity contribution < 1.29 is 14.3 Å². The predicted octanol–water partition coefficient (Wildman–Crippen LogP) is 3.81. The van der Waals surface area contributed by atoms with Crippen molar-refractivity contribution in [2.45, 2.75) is 13.0 Å². The molecule has 5 nitrogen and oxygen atoms in total. The Bertz CT molecular complexity index is 878. The molecule has 1 aromatic heterocycles.